The van der Waals surface area contributed by atoms with Crippen molar-refractivity contribution in [3.63, 3.8) is 0 Å². The number of amides is 2. The molecule has 2 fully saturated rings. The van der Waals surface area contributed by atoms with Gasteiger partial charge < -0.3 is 14.5 Å². The molecule has 0 saturated carbocycles. The van der Waals surface area contributed by atoms with Gasteiger partial charge in [0.25, 0.3) is 11.8 Å². The summed E-state index contributed by atoms with van der Waals surface area (Å²) in [6, 6.07) is 11.4. The molecule has 1 atom stereocenters. The van der Waals surface area contributed by atoms with E-state index in [4.69, 9.17) is 4.74 Å². The highest BCUT2D eigenvalue weighted by Gasteiger charge is 2.36. The molecule has 1 aromatic heterocycles. The lowest BCUT2D eigenvalue weighted by molar-refractivity contribution is -0.132. The van der Waals surface area contributed by atoms with Crippen LogP contribution < -0.4 is 4.90 Å². The van der Waals surface area contributed by atoms with Crippen molar-refractivity contribution in [3.05, 3.63) is 54.6 Å². The Balaban J connectivity index is 1.30. The molecule has 2 aliphatic heterocycles. The van der Waals surface area contributed by atoms with E-state index >= 15 is 0 Å². The van der Waals surface area contributed by atoms with Crippen molar-refractivity contribution in [2.45, 2.75) is 31.5 Å². The summed E-state index contributed by atoms with van der Waals surface area (Å²) in [6.45, 7) is 1.85. The summed E-state index contributed by atoms with van der Waals surface area (Å²) in [5.41, 5.74) is 0.914. The van der Waals surface area contributed by atoms with Crippen LogP contribution >= 0.6 is 0 Å². The van der Waals surface area contributed by atoms with Crippen LogP contribution in [-0.4, -0.2) is 58.5 Å². The lowest BCUT2D eigenvalue weighted by atomic mass is 10.1. The molecule has 2 saturated heterocycles. The van der Waals surface area contributed by atoms with E-state index in [1.165, 1.54) is 0 Å². The maximum absolute atomic E-state index is 12.7. The average Bonchev–Trinajstić information content (AvgIpc) is 3.09. The number of nitrogens with zero attached hydrogens (tertiary/aromatic N) is 4. The summed E-state index contributed by atoms with van der Waals surface area (Å²) in [6.07, 6.45) is 4.87. The number of rotatable bonds is 4. The van der Waals surface area contributed by atoms with Gasteiger partial charge in [0.15, 0.2) is 0 Å². The summed E-state index contributed by atoms with van der Waals surface area (Å²) < 4.78 is 6.09. The second-order valence-electron chi connectivity index (χ2n) is 6.80. The number of benzene rings is 1. The molecule has 3 heterocycles. The Morgan fingerprint density at radius 2 is 1.67 bits per heavy atom. The first-order chi connectivity index (χ1) is 13.2. The molecule has 2 amide bonds. The van der Waals surface area contributed by atoms with E-state index in [1.807, 2.05) is 30.3 Å². The number of ether oxygens (including phenoxy) is 1. The molecule has 27 heavy (non-hydrogen) atoms. The Bertz CT molecular complexity index is 791. The van der Waals surface area contributed by atoms with Gasteiger partial charge >= 0.3 is 0 Å². The number of aromatic nitrogens is 2. The van der Waals surface area contributed by atoms with Crippen molar-refractivity contribution in [2.24, 2.45) is 0 Å². The fourth-order valence-electron chi connectivity index (χ4n) is 3.62. The normalized spacial score (nSPS) is 20.9. The molecule has 7 heteroatoms. The average molecular weight is 366 g/mol. The molecule has 0 aliphatic carbocycles. The van der Waals surface area contributed by atoms with Gasteiger partial charge in [-0.1, -0.05) is 18.2 Å². The van der Waals surface area contributed by atoms with Gasteiger partial charge in [0.2, 0.25) is 5.82 Å². The predicted molar refractivity (Wildman–Crippen MR) is 99.2 cm³/mol. The highest BCUT2D eigenvalue weighted by atomic mass is 16.5. The second-order valence-corrected chi connectivity index (χ2v) is 6.80. The maximum atomic E-state index is 12.7. The van der Waals surface area contributed by atoms with Crippen LogP contribution in [0.2, 0.25) is 0 Å². The molecule has 1 unspecified atom stereocenters. The van der Waals surface area contributed by atoms with Crippen LogP contribution in [0, 0.1) is 0 Å². The number of anilines is 1. The van der Waals surface area contributed by atoms with E-state index in [9.17, 15) is 9.59 Å². The van der Waals surface area contributed by atoms with Crippen LogP contribution in [0.25, 0.3) is 0 Å². The SMILES string of the molecule is O=C(c1ncccn1)N1CCC(OC2CCN(c3ccccc3)C2=O)CC1. The summed E-state index contributed by atoms with van der Waals surface area (Å²) in [4.78, 5) is 36.6. The number of carbonyl (C=O) groups is 2. The molecule has 2 aromatic rings. The molecule has 2 aliphatic rings. The molecule has 4 rings (SSSR count). The summed E-state index contributed by atoms with van der Waals surface area (Å²) in [5, 5.41) is 0. The molecule has 1 aromatic carbocycles. The zero-order valence-corrected chi connectivity index (χ0v) is 15.0. The lowest BCUT2D eigenvalue weighted by Crippen LogP contribution is -2.43. The van der Waals surface area contributed by atoms with Gasteiger partial charge in [-0.3, -0.25) is 9.59 Å². The Hall–Kier alpha value is -2.80. The van der Waals surface area contributed by atoms with Crippen molar-refractivity contribution in [2.75, 3.05) is 24.5 Å². The minimum Gasteiger partial charge on any atom is -0.365 e. The van der Waals surface area contributed by atoms with Crippen molar-refractivity contribution in [3.8, 4) is 0 Å². The van der Waals surface area contributed by atoms with E-state index < -0.39 is 6.10 Å². The van der Waals surface area contributed by atoms with Gasteiger partial charge in [0, 0.05) is 44.1 Å². The number of carbonyl (C=O) groups excluding carboxylic acids is 2. The Morgan fingerprint density at radius 1 is 0.963 bits per heavy atom. The molecule has 7 nitrogen and oxygen atoms in total. The number of para-hydroxylation sites is 1. The third-order valence-corrected chi connectivity index (χ3v) is 5.07. The van der Waals surface area contributed by atoms with Crippen LogP contribution in [0.3, 0.4) is 0 Å². The van der Waals surface area contributed by atoms with Gasteiger partial charge in [0.05, 0.1) is 6.10 Å². The number of hydrogen-bond acceptors (Lipinski definition) is 5. The summed E-state index contributed by atoms with van der Waals surface area (Å²) in [7, 11) is 0. The summed E-state index contributed by atoms with van der Waals surface area (Å²) >= 11 is 0. The lowest BCUT2D eigenvalue weighted by Gasteiger charge is -2.32. The van der Waals surface area contributed by atoms with Crippen molar-refractivity contribution in [1.29, 1.82) is 0 Å². The van der Waals surface area contributed by atoms with E-state index in [-0.39, 0.29) is 23.7 Å². The molecular formula is C20H22N4O3. The van der Waals surface area contributed by atoms with E-state index in [2.05, 4.69) is 9.97 Å². The Labute approximate surface area is 158 Å². The first-order valence-electron chi connectivity index (χ1n) is 9.30. The van der Waals surface area contributed by atoms with Crippen LogP contribution in [-0.2, 0) is 9.53 Å². The third-order valence-electron chi connectivity index (χ3n) is 5.07. The highest BCUT2D eigenvalue weighted by Crippen LogP contribution is 2.25. The predicted octanol–water partition coefficient (Wildman–Crippen LogP) is 1.90. The maximum Gasteiger partial charge on any atom is 0.291 e. The van der Waals surface area contributed by atoms with Gasteiger partial charge in [-0.25, -0.2) is 9.97 Å². The topological polar surface area (TPSA) is 75.6 Å². The molecular weight excluding hydrogens is 344 g/mol. The Kier molecular flexibility index (Phi) is 5.11. The summed E-state index contributed by atoms with van der Waals surface area (Å²) in [5.74, 6) is 0.0972. The molecule has 0 radical (unpaired) electrons. The van der Waals surface area contributed by atoms with E-state index in [0.717, 1.165) is 5.69 Å². The minimum absolute atomic E-state index is 0.00425. The molecule has 0 bridgehead atoms. The number of hydrogen-bond donors (Lipinski definition) is 0. The quantitative estimate of drug-likeness (QED) is 0.826. The smallest absolute Gasteiger partial charge is 0.291 e. The monoisotopic (exact) mass is 366 g/mol. The van der Waals surface area contributed by atoms with Gasteiger partial charge in [-0.05, 0) is 31.0 Å². The van der Waals surface area contributed by atoms with Gasteiger partial charge in [-0.15, -0.1) is 0 Å². The standard InChI is InChI=1S/C20H22N4O3/c25-19-17(9-14-24(19)15-5-2-1-3-6-15)27-16-7-12-23(13-8-16)20(26)18-21-10-4-11-22-18/h1-6,10-11,16-17H,7-9,12-14H2. The molecule has 0 spiro atoms. The fourth-order valence-corrected chi connectivity index (χ4v) is 3.62. The number of piperidine rings is 1. The van der Waals surface area contributed by atoms with Crippen molar-refractivity contribution < 1.29 is 14.3 Å². The zero-order chi connectivity index (χ0) is 18.6. The second kappa shape index (κ2) is 7.84. The van der Waals surface area contributed by atoms with Gasteiger partial charge in [-0.2, -0.15) is 0 Å². The Morgan fingerprint density at radius 3 is 2.37 bits per heavy atom. The first-order valence-corrected chi connectivity index (χ1v) is 9.30. The van der Waals surface area contributed by atoms with Crippen LogP contribution in [0.15, 0.2) is 48.8 Å². The first kappa shape index (κ1) is 17.6. The van der Waals surface area contributed by atoms with Crippen LogP contribution in [0.4, 0.5) is 5.69 Å². The third kappa shape index (κ3) is 3.83. The molecule has 140 valence electrons. The van der Waals surface area contributed by atoms with Crippen LogP contribution in [0.1, 0.15) is 29.9 Å². The van der Waals surface area contributed by atoms with Crippen LogP contribution in [0.5, 0.6) is 0 Å². The largest absolute Gasteiger partial charge is 0.365 e. The minimum atomic E-state index is -0.394. The van der Waals surface area contributed by atoms with Gasteiger partial charge in [0.1, 0.15) is 6.10 Å². The molecule has 0 N–H and O–H groups in total. The fraction of sp³-hybridized carbons (Fsp3) is 0.400. The van der Waals surface area contributed by atoms with Crippen molar-refractivity contribution in [1.82, 2.24) is 14.9 Å². The zero-order valence-electron chi connectivity index (χ0n) is 15.0. The number of likely N-dealkylation sites (tertiary alicyclic amines) is 1. The van der Waals surface area contributed by atoms with E-state index in [1.54, 1.807) is 28.3 Å². The van der Waals surface area contributed by atoms with E-state index in [0.29, 0.717) is 38.9 Å². The highest BCUT2D eigenvalue weighted by molar-refractivity contribution is 5.98. The van der Waals surface area contributed by atoms with Crippen molar-refractivity contribution >= 4 is 17.5 Å².